The minimum absolute atomic E-state index is 0.0116. The fraction of sp³-hybridized carbons (Fsp3) is 0.318. The van der Waals surface area contributed by atoms with Crippen LogP contribution in [0.3, 0.4) is 0 Å². The molecule has 1 aromatic carbocycles. The van der Waals surface area contributed by atoms with Crippen molar-refractivity contribution in [2.75, 3.05) is 11.4 Å². The number of carbonyl (C=O) groups is 2. The Balaban J connectivity index is 1.39. The Morgan fingerprint density at radius 2 is 2.10 bits per heavy atom. The van der Waals surface area contributed by atoms with Gasteiger partial charge in [0.25, 0.3) is 0 Å². The lowest BCUT2D eigenvalue weighted by atomic mass is 10.1. The first-order valence-electron chi connectivity index (χ1n) is 9.58. The number of furan rings is 1. The Labute approximate surface area is 173 Å². The average molecular weight is 410 g/mol. The molecule has 0 bridgehead atoms. The maximum absolute atomic E-state index is 12.7. The molecule has 1 aliphatic rings. The summed E-state index contributed by atoms with van der Waals surface area (Å²) in [6, 6.07) is 9.65. The molecule has 6 nitrogen and oxygen atoms in total. The molecule has 3 aromatic rings. The van der Waals surface area contributed by atoms with Crippen LogP contribution in [0.25, 0.3) is 10.8 Å². The van der Waals surface area contributed by atoms with Crippen molar-refractivity contribution in [2.24, 2.45) is 5.92 Å². The van der Waals surface area contributed by atoms with E-state index in [0.717, 1.165) is 32.6 Å². The smallest absolute Gasteiger partial charge is 0.227 e. The molecule has 150 valence electrons. The number of aryl methyl sites for hydroxylation is 3. The highest BCUT2D eigenvalue weighted by Gasteiger charge is 2.35. The first-order chi connectivity index (χ1) is 13.9. The maximum Gasteiger partial charge on any atom is 0.227 e. The van der Waals surface area contributed by atoms with Crippen molar-refractivity contribution >= 4 is 28.8 Å². The van der Waals surface area contributed by atoms with Crippen molar-refractivity contribution < 1.29 is 14.0 Å². The van der Waals surface area contributed by atoms with Crippen LogP contribution >= 0.6 is 11.3 Å². The number of hydrogen-bond acceptors (Lipinski definition) is 5. The van der Waals surface area contributed by atoms with Gasteiger partial charge in [0.1, 0.15) is 0 Å². The molecule has 0 saturated carbocycles. The Hall–Kier alpha value is -2.93. The zero-order valence-corrected chi connectivity index (χ0v) is 17.5. The summed E-state index contributed by atoms with van der Waals surface area (Å²) in [5.41, 5.74) is 4.05. The number of nitrogens with zero attached hydrogens (tertiary/aromatic N) is 2. The van der Waals surface area contributed by atoms with Gasteiger partial charge in [-0.15, -0.1) is 11.3 Å². The minimum atomic E-state index is -0.345. The number of aromatic nitrogens is 1. The fourth-order valence-electron chi connectivity index (χ4n) is 3.44. The molecule has 1 N–H and O–H groups in total. The van der Waals surface area contributed by atoms with Crippen molar-refractivity contribution in [3.63, 3.8) is 0 Å². The van der Waals surface area contributed by atoms with Gasteiger partial charge in [-0.1, -0.05) is 6.07 Å². The number of amides is 2. The predicted octanol–water partition coefficient (Wildman–Crippen LogP) is 4.00. The predicted molar refractivity (Wildman–Crippen MR) is 113 cm³/mol. The summed E-state index contributed by atoms with van der Waals surface area (Å²) in [6.07, 6.45) is 1.85. The fourth-order valence-corrected chi connectivity index (χ4v) is 4.41. The van der Waals surface area contributed by atoms with E-state index in [9.17, 15) is 9.59 Å². The molecule has 1 unspecified atom stereocenters. The topological polar surface area (TPSA) is 75.4 Å². The van der Waals surface area contributed by atoms with E-state index < -0.39 is 0 Å². The highest BCUT2D eigenvalue weighted by atomic mass is 32.1. The Bertz CT molecular complexity index is 1060. The number of hydrogen-bond donors (Lipinski definition) is 1. The molecule has 0 radical (unpaired) electrons. The number of anilines is 1. The van der Waals surface area contributed by atoms with Crippen LogP contribution in [0.5, 0.6) is 0 Å². The van der Waals surface area contributed by atoms with Gasteiger partial charge in [0, 0.05) is 23.5 Å². The van der Waals surface area contributed by atoms with Gasteiger partial charge < -0.3 is 14.6 Å². The van der Waals surface area contributed by atoms with Crippen LogP contribution < -0.4 is 10.2 Å². The molecule has 4 rings (SSSR count). The van der Waals surface area contributed by atoms with Crippen LogP contribution in [0, 0.1) is 26.7 Å². The van der Waals surface area contributed by atoms with Crippen LogP contribution in [0.15, 0.2) is 41.0 Å². The van der Waals surface area contributed by atoms with Crippen molar-refractivity contribution in [3.8, 4) is 10.8 Å². The van der Waals surface area contributed by atoms with E-state index >= 15 is 0 Å². The third-order valence-electron chi connectivity index (χ3n) is 5.35. The van der Waals surface area contributed by atoms with E-state index in [2.05, 4.69) is 10.3 Å². The molecule has 1 saturated heterocycles. The summed E-state index contributed by atoms with van der Waals surface area (Å²) in [6.45, 7) is 6.80. The second-order valence-electron chi connectivity index (χ2n) is 7.40. The van der Waals surface area contributed by atoms with Crippen molar-refractivity contribution in [1.82, 2.24) is 10.3 Å². The van der Waals surface area contributed by atoms with E-state index in [1.165, 1.54) is 16.9 Å². The molecule has 3 heterocycles. The van der Waals surface area contributed by atoms with Gasteiger partial charge in [0.2, 0.25) is 11.8 Å². The molecule has 0 spiro atoms. The van der Waals surface area contributed by atoms with E-state index in [-0.39, 0.29) is 24.2 Å². The highest BCUT2D eigenvalue weighted by Crippen LogP contribution is 2.29. The normalized spacial score (nSPS) is 16.4. The first kappa shape index (κ1) is 19.4. The molecule has 7 heteroatoms. The molecule has 29 heavy (non-hydrogen) atoms. The number of carbonyl (C=O) groups excluding carboxylic acids is 2. The summed E-state index contributed by atoms with van der Waals surface area (Å²) in [7, 11) is 0. The Morgan fingerprint density at radius 3 is 2.83 bits per heavy atom. The van der Waals surface area contributed by atoms with Crippen LogP contribution in [0.2, 0.25) is 0 Å². The summed E-state index contributed by atoms with van der Waals surface area (Å²) < 4.78 is 5.39. The zero-order valence-electron chi connectivity index (χ0n) is 16.7. The maximum atomic E-state index is 12.7. The van der Waals surface area contributed by atoms with Crippen LogP contribution in [0.4, 0.5) is 5.69 Å². The Morgan fingerprint density at radius 1 is 1.28 bits per heavy atom. The summed E-state index contributed by atoms with van der Waals surface area (Å²) in [5.74, 6) is 0.266. The molecular formula is C22H23N3O3S. The lowest BCUT2D eigenvalue weighted by Crippen LogP contribution is -2.32. The molecule has 1 fully saturated rings. The quantitative estimate of drug-likeness (QED) is 0.691. The van der Waals surface area contributed by atoms with Crippen LogP contribution in [-0.4, -0.2) is 23.3 Å². The van der Waals surface area contributed by atoms with Gasteiger partial charge in [0.05, 0.1) is 24.4 Å². The monoisotopic (exact) mass is 409 g/mol. The third-order valence-corrected chi connectivity index (χ3v) is 6.52. The summed E-state index contributed by atoms with van der Waals surface area (Å²) in [5, 5.41) is 3.78. The van der Waals surface area contributed by atoms with Gasteiger partial charge in [0.15, 0.2) is 10.8 Å². The van der Waals surface area contributed by atoms with Gasteiger partial charge in [-0.2, -0.15) is 0 Å². The third kappa shape index (κ3) is 3.96. The lowest BCUT2D eigenvalue weighted by molar-refractivity contribution is -0.126. The van der Waals surface area contributed by atoms with Crippen molar-refractivity contribution in [2.45, 2.75) is 33.7 Å². The van der Waals surface area contributed by atoms with Crippen LogP contribution in [0.1, 0.15) is 28.1 Å². The van der Waals surface area contributed by atoms with Gasteiger partial charge in [-0.25, -0.2) is 4.98 Å². The standard InChI is InChI=1S/C22H23N3O3S/c1-13-6-7-17(9-14(13)2)25-12-16(10-20(25)26)21(27)23-11-19-15(3)24-22(29-19)18-5-4-8-28-18/h4-9,16H,10-12H2,1-3H3,(H,23,27). The molecule has 2 aromatic heterocycles. The lowest BCUT2D eigenvalue weighted by Gasteiger charge is -2.18. The molecule has 2 amide bonds. The largest absolute Gasteiger partial charge is 0.462 e. The summed E-state index contributed by atoms with van der Waals surface area (Å²) >= 11 is 1.51. The second kappa shape index (κ2) is 7.83. The molecular weight excluding hydrogens is 386 g/mol. The Kier molecular flexibility index (Phi) is 5.24. The van der Waals surface area contributed by atoms with E-state index in [1.807, 2.05) is 51.1 Å². The van der Waals surface area contributed by atoms with E-state index in [4.69, 9.17) is 4.42 Å². The SMILES string of the molecule is Cc1ccc(N2CC(C(=O)NCc3sc(-c4ccco4)nc3C)CC2=O)cc1C. The molecule has 0 aliphatic carbocycles. The minimum Gasteiger partial charge on any atom is -0.462 e. The van der Waals surface area contributed by atoms with E-state index in [0.29, 0.717) is 13.1 Å². The average Bonchev–Trinajstić information content (AvgIpc) is 3.42. The zero-order chi connectivity index (χ0) is 20.5. The van der Waals surface area contributed by atoms with Crippen LogP contribution in [-0.2, 0) is 16.1 Å². The van der Waals surface area contributed by atoms with Crippen molar-refractivity contribution in [3.05, 3.63) is 58.3 Å². The summed E-state index contributed by atoms with van der Waals surface area (Å²) in [4.78, 5) is 32.4. The van der Waals surface area contributed by atoms with Crippen molar-refractivity contribution in [1.29, 1.82) is 0 Å². The highest BCUT2D eigenvalue weighted by molar-refractivity contribution is 7.15. The second-order valence-corrected chi connectivity index (χ2v) is 8.48. The van der Waals surface area contributed by atoms with Gasteiger partial charge in [-0.05, 0) is 56.2 Å². The van der Waals surface area contributed by atoms with E-state index in [1.54, 1.807) is 11.2 Å². The number of benzene rings is 1. The van der Waals surface area contributed by atoms with Gasteiger partial charge in [-0.3, -0.25) is 9.59 Å². The number of thiazole rings is 1. The van der Waals surface area contributed by atoms with Gasteiger partial charge >= 0.3 is 0 Å². The molecule has 1 atom stereocenters. The molecule has 1 aliphatic heterocycles. The number of rotatable bonds is 5. The first-order valence-corrected chi connectivity index (χ1v) is 10.4. The number of nitrogens with one attached hydrogen (secondary N) is 1.